The van der Waals surface area contributed by atoms with Gasteiger partial charge in [-0.3, -0.25) is 0 Å². The molecule has 0 saturated heterocycles. The molecule has 1 aromatic heterocycles. The van der Waals surface area contributed by atoms with Crippen LogP contribution in [0, 0.1) is 12.8 Å². The molecule has 0 spiro atoms. The number of hydrogen-bond donors (Lipinski definition) is 1. The molecule has 1 atom stereocenters. The normalized spacial score (nSPS) is 13.6. The van der Waals surface area contributed by atoms with E-state index < -0.39 is 0 Å². The van der Waals surface area contributed by atoms with Gasteiger partial charge in [-0.25, -0.2) is 0 Å². The molecule has 1 unspecified atom stereocenters. The molecule has 13 heavy (non-hydrogen) atoms. The highest BCUT2D eigenvalue weighted by Crippen LogP contribution is 2.22. The lowest BCUT2D eigenvalue weighted by atomic mass is 10.0. The molecule has 0 aromatic carbocycles. The minimum Gasteiger partial charge on any atom is -0.467 e. The molecule has 2 N–H and O–H groups in total. The number of aryl methyl sites for hydroxylation is 1. The van der Waals surface area contributed by atoms with Gasteiger partial charge in [0, 0.05) is 0 Å². The SMILES string of the molecule is Cc1ccoc1C(N)CCC(C)C. The molecule has 0 fully saturated rings. The summed E-state index contributed by atoms with van der Waals surface area (Å²) in [7, 11) is 0. The van der Waals surface area contributed by atoms with E-state index >= 15 is 0 Å². The first kappa shape index (κ1) is 10.3. The first-order valence-corrected chi connectivity index (χ1v) is 4.91. The van der Waals surface area contributed by atoms with Crippen LogP contribution in [-0.2, 0) is 0 Å². The Balaban J connectivity index is 2.49. The second-order valence-corrected chi connectivity index (χ2v) is 4.05. The smallest absolute Gasteiger partial charge is 0.123 e. The summed E-state index contributed by atoms with van der Waals surface area (Å²) in [5, 5.41) is 0. The van der Waals surface area contributed by atoms with Crippen molar-refractivity contribution >= 4 is 0 Å². The zero-order valence-corrected chi connectivity index (χ0v) is 8.71. The molecular formula is C11H19NO. The van der Waals surface area contributed by atoms with E-state index in [9.17, 15) is 0 Å². The van der Waals surface area contributed by atoms with Crippen molar-refractivity contribution in [2.75, 3.05) is 0 Å². The molecule has 2 heteroatoms. The molecule has 1 rings (SSSR count). The van der Waals surface area contributed by atoms with Gasteiger partial charge in [-0.15, -0.1) is 0 Å². The largest absolute Gasteiger partial charge is 0.467 e. The van der Waals surface area contributed by atoms with Crippen molar-refractivity contribution in [3.05, 3.63) is 23.7 Å². The van der Waals surface area contributed by atoms with Crippen LogP contribution in [0.25, 0.3) is 0 Å². The van der Waals surface area contributed by atoms with E-state index in [1.807, 2.05) is 13.0 Å². The van der Waals surface area contributed by atoms with Gasteiger partial charge in [-0.1, -0.05) is 13.8 Å². The number of hydrogen-bond acceptors (Lipinski definition) is 2. The summed E-state index contributed by atoms with van der Waals surface area (Å²) in [5.74, 6) is 1.65. The van der Waals surface area contributed by atoms with Gasteiger partial charge in [-0.05, 0) is 37.3 Å². The molecular weight excluding hydrogens is 162 g/mol. The fourth-order valence-corrected chi connectivity index (χ4v) is 1.41. The Bertz CT molecular complexity index is 252. The van der Waals surface area contributed by atoms with Crippen molar-refractivity contribution in [3.63, 3.8) is 0 Å². The summed E-state index contributed by atoms with van der Waals surface area (Å²) in [6, 6.07) is 2.03. The van der Waals surface area contributed by atoms with Crippen molar-refractivity contribution in [3.8, 4) is 0 Å². The monoisotopic (exact) mass is 181 g/mol. The molecule has 0 radical (unpaired) electrons. The third kappa shape index (κ3) is 2.88. The molecule has 2 nitrogen and oxygen atoms in total. The van der Waals surface area contributed by atoms with E-state index in [1.54, 1.807) is 6.26 Å². The molecule has 0 aliphatic carbocycles. The second-order valence-electron chi connectivity index (χ2n) is 4.05. The minimum atomic E-state index is 0.0670. The van der Waals surface area contributed by atoms with Gasteiger partial charge >= 0.3 is 0 Å². The Morgan fingerprint density at radius 3 is 2.54 bits per heavy atom. The van der Waals surface area contributed by atoms with Crippen LogP contribution in [0.4, 0.5) is 0 Å². The van der Waals surface area contributed by atoms with Gasteiger partial charge in [0.1, 0.15) is 5.76 Å². The Morgan fingerprint density at radius 1 is 1.38 bits per heavy atom. The standard InChI is InChI=1S/C11H19NO/c1-8(2)4-5-10(12)11-9(3)6-7-13-11/h6-8,10H,4-5,12H2,1-3H3. The summed E-state index contributed by atoms with van der Waals surface area (Å²) in [4.78, 5) is 0. The van der Waals surface area contributed by atoms with Crippen molar-refractivity contribution in [2.45, 2.75) is 39.7 Å². The summed E-state index contributed by atoms with van der Waals surface area (Å²) >= 11 is 0. The van der Waals surface area contributed by atoms with Crippen molar-refractivity contribution in [1.29, 1.82) is 0 Å². The molecule has 0 aliphatic heterocycles. The highest BCUT2D eigenvalue weighted by Gasteiger charge is 2.12. The summed E-state index contributed by atoms with van der Waals surface area (Å²) in [6.45, 7) is 6.46. The lowest BCUT2D eigenvalue weighted by Gasteiger charge is -2.11. The first-order valence-electron chi connectivity index (χ1n) is 4.91. The summed E-state index contributed by atoms with van der Waals surface area (Å²) in [5.41, 5.74) is 7.16. The molecule has 1 heterocycles. The van der Waals surface area contributed by atoms with Gasteiger partial charge in [0.25, 0.3) is 0 Å². The molecule has 74 valence electrons. The molecule has 1 aromatic rings. The topological polar surface area (TPSA) is 39.2 Å². The van der Waals surface area contributed by atoms with Crippen LogP contribution in [0.1, 0.15) is 44.1 Å². The van der Waals surface area contributed by atoms with Gasteiger partial charge < -0.3 is 10.2 Å². The molecule has 0 bridgehead atoms. The van der Waals surface area contributed by atoms with Gasteiger partial charge in [0.05, 0.1) is 12.3 Å². The highest BCUT2D eigenvalue weighted by molar-refractivity contribution is 5.17. The van der Waals surface area contributed by atoms with E-state index in [0.717, 1.165) is 24.2 Å². The lowest BCUT2D eigenvalue weighted by molar-refractivity contribution is 0.422. The highest BCUT2D eigenvalue weighted by atomic mass is 16.3. The average molecular weight is 181 g/mol. The van der Waals surface area contributed by atoms with Gasteiger partial charge in [-0.2, -0.15) is 0 Å². The van der Waals surface area contributed by atoms with Crippen molar-refractivity contribution < 1.29 is 4.42 Å². The van der Waals surface area contributed by atoms with Crippen LogP contribution in [0.15, 0.2) is 16.7 Å². The van der Waals surface area contributed by atoms with Crippen LogP contribution in [0.2, 0.25) is 0 Å². The Hall–Kier alpha value is -0.760. The van der Waals surface area contributed by atoms with Crippen molar-refractivity contribution in [2.24, 2.45) is 11.7 Å². The van der Waals surface area contributed by atoms with Crippen LogP contribution in [-0.4, -0.2) is 0 Å². The minimum absolute atomic E-state index is 0.0670. The summed E-state index contributed by atoms with van der Waals surface area (Å²) in [6.07, 6.45) is 3.87. The average Bonchev–Trinajstić information content (AvgIpc) is 2.47. The van der Waals surface area contributed by atoms with E-state index in [-0.39, 0.29) is 6.04 Å². The fourth-order valence-electron chi connectivity index (χ4n) is 1.41. The molecule has 0 saturated carbocycles. The zero-order chi connectivity index (χ0) is 9.84. The van der Waals surface area contributed by atoms with E-state index in [0.29, 0.717) is 5.92 Å². The van der Waals surface area contributed by atoms with Crippen molar-refractivity contribution in [1.82, 2.24) is 0 Å². The van der Waals surface area contributed by atoms with E-state index in [1.165, 1.54) is 0 Å². The van der Waals surface area contributed by atoms with Crippen LogP contribution in [0.3, 0.4) is 0 Å². The van der Waals surface area contributed by atoms with Crippen LogP contribution in [0.5, 0.6) is 0 Å². The Labute approximate surface area is 80.1 Å². The lowest BCUT2D eigenvalue weighted by Crippen LogP contribution is -2.11. The second kappa shape index (κ2) is 4.47. The van der Waals surface area contributed by atoms with Gasteiger partial charge in [0.2, 0.25) is 0 Å². The van der Waals surface area contributed by atoms with E-state index in [2.05, 4.69) is 13.8 Å². The predicted octanol–water partition coefficient (Wildman–Crippen LogP) is 3.02. The zero-order valence-electron chi connectivity index (χ0n) is 8.71. The number of rotatable bonds is 4. The summed E-state index contributed by atoms with van der Waals surface area (Å²) < 4.78 is 5.33. The Kier molecular flexibility index (Phi) is 3.55. The number of furan rings is 1. The van der Waals surface area contributed by atoms with Gasteiger partial charge in [0.15, 0.2) is 0 Å². The predicted molar refractivity (Wildman–Crippen MR) is 54.4 cm³/mol. The third-order valence-corrected chi connectivity index (χ3v) is 2.29. The van der Waals surface area contributed by atoms with E-state index in [4.69, 9.17) is 10.2 Å². The molecule has 0 amide bonds. The first-order chi connectivity index (χ1) is 6.11. The maximum atomic E-state index is 5.99. The quantitative estimate of drug-likeness (QED) is 0.775. The van der Waals surface area contributed by atoms with Crippen LogP contribution < -0.4 is 5.73 Å². The van der Waals surface area contributed by atoms with Crippen LogP contribution >= 0.6 is 0 Å². The maximum Gasteiger partial charge on any atom is 0.123 e. The number of nitrogens with two attached hydrogens (primary N) is 1. The maximum absolute atomic E-state index is 5.99. The Morgan fingerprint density at radius 2 is 2.08 bits per heavy atom. The molecule has 0 aliphatic rings. The third-order valence-electron chi connectivity index (χ3n) is 2.29. The fraction of sp³-hybridized carbons (Fsp3) is 0.636.